The van der Waals surface area contributed by atoms with Gasteiger partial charge in [-0.2, -0.15) is 0 Å². The second-order valence-corrected chi connectivity index (χ2v) is 6.70. The molecule has 1 amide bonds. The van der Waals surface area contributed by atoms with Crippen LogP contribution in [-0.4, -0.2) is 11.9 Å². The molecule has 2 fully saturated rings. The zero-order chi connectivity index (χ0) is 14.9. The number of carbonyl (C=O) groups is 1. The summed E-state index contributed by atoms with van der Waals surface area (Å²) in [6, 6.07) is 18.6. The molecule has 112 valence electrons. The van der Waals surface area contributed by atoms with Gasteiger partial charge in [0.15, 0.2) is 0 Å². The Bertz CT molecular complexity index is 662. The summed E-state index contributed by atoms with van der Waals surface area (Å²) >= 11 is 0. The molecule has 0 saturated heterocycles. The lowest BCUT2D eigenvalue weighted by atomic mass is 9.95. The smallest absolute Gasteiger partial charge is 0.251 e. The van der Waals surface area contributed by atoms with Gasteiger partial charge in [0, 0.05) is 11.6 Å². The van der Waals surface area contributed by atoms with Crippen molar-refractivity contribution < 1.29 is 4.79 Å². The highest BCUT2D eigenvalue weighted by atomic mass is 16.1. The zero-order valence-electron chi connectivity index (χ0n) is 12.7. The van der Waals surface area contributed by atoms with Gasteiger partial charge in [0.05, 0.1) is 0 Å². The molecule has 2 heteroatoms. The lowest BCUT2D eigenvalue weighted by Crippen LogP contribution is -2.38. The maximum absolute atomic E-state index is 12.4. The number of fused-ring (bicyclic) bond motifs is 2. The average molecular weight is 291 g/mol. The van der Waals surface area contributed by atoms with E-state index in [-0.39, 0.29) is 5.91 Å². The van der Waals surface area contributed by atoms with Gasteiger partial charge in [-0.3, -0.25) is 4.79 Å². The minimum atomic E-state index is 0.0807. The molecule has 0 radical (unpaired) electrons. The van der Waals surface area contributed by atoms with Crippen molar-refractivity contribution in [1.29, 1.82) is 0 Å². The molecule has 2 aromatic carbocycles. The normalized spacial score (nSPS) is 26.1. The highest BCUT2D eigenvalue weighted by molar-refractivity contribution is 5.94. The van der Waals surface area contributed by atoms with Crippen LogP contribution in [0.3, 0.4) is 0 Å². The summed E-state index contributed by atoms with van der Waals surface area (Å²) in [6.45, 7) is 0. The maximum Gasteiger partial charge on any atom is 0.251 e. The summed E-state index contributed by atoms with van der Waals surface area (Å²) in [7, 11) is 0. The standard InChI is InChI=1S/C20H21NO/c22-20(21-19-13-14-6-7-18(19)12-14)17-10-8-16(9-11-17)15-4-2-1-3-5-15/h1-5,8-11,14,18-19H,6-7,12-13H2,(H,21,22)/t14-,18+,19-/m0/s1. The van der Waals surface area contributed by atoms with Gasteiger partial charge >= 0.3 is 0 Å². The molecule has 2 aromatic rings. The van der Waals surface area contributed by atoms with E-state index in [0.717, 1.165) is 23.0 Å². The minimum absolute atomic E-state index is 0.0807. The monoisotopic (exact) mass is 291 g/mol. The van der Waals surface area contributed by atoms with Crippen LogP contribution < -0.4 is 5.32 Å². The third-order valence-corrected chi connectivity index (χ3v) is 5.31. The Morgan fingerprint density at radius 3 is 2.23 bits per heavy atom. The lowest BCUT2D eigenvalue weighted by molar-refractivity contribution is 0.0923. The van der Waals surface area contributed by atoms with Crippen LogP contribution in [0.25, 0.3) is 11.1 Å². The number of nitrogens with one attached hydrogen (secondary N) is 1. The first-order chi connectivity index (χ1) is 10.8. The molecule has 2 saturated carbocycles. The van der Waals surface area contributed by atoms with E-state index in [2.05, 4.69) is 17.4 Å². The lowest BCUT2D eigenvalue weighted by Gasteiger charge is -2.22. The predicted octanol–water partition coefficient (Wildman–Crippen LogP) is 4.27. The van der Waals surface area contributed by atoms with E-state index in [1.165, 1.54) is 31.2 Å². The Morgan fingerprint density at radius 1 is 0.864 bits per heavy atom. The minimum Gasteiger partial charge on any atom is -0.349 e. The van der Waals surface area contributed by atoms with Crippen LogP contribution in [0.1, 0.15) is 36.0 Å². The fourth-order valence-electron chi connectivity index (χ4n) is 4.12. The summed E-state index contributed by atoms with van der Waals surface area (Å²) in [5.41, 5.74) is 3.10. The van der Waals surface area contributed by atoms with Gasteiger partial charge in [0.1, 0.15) is 0 Å². The van der Waals surface area contributed by atoms with E-state index < -0.39 is 0 Å². The summed E-state index contributed by atoms with van der Waals surface area (Å²) in [6.07, 6.45) is 5.15. The van der Waals surface area contributed by atoms with Gasteiger partial charge in [-0.15, -0.1) is 0 Å². The molecule has 4 rings (SSSR count). The van der Waals surface area contributed by atoms with Crippen molar-refractivity contribution in [2.45, 2.75) is 31.7 Å². The fourth-order valence-corrected chi connectivity index (χ4v) is 4.12. The summed E-state index contributed by atoms with van der Waals surface area (Å²) in [5.74, 6) is 1.66. The Labute approximate surface area is 131 Å². The average Bonchev–Trinajstić information content (AvgIpc) is 3.19. The molecule has 0 aromatic heterocycles. The summed E-state index contributed by atoms with van der Waals surface area (Å²) < 4.78 is 0. The number of carbonyl (C=O) groups excluding carboxylic acids is 1. The van der Waals surface area contributed by atoms with Crippen molar-refractivity contribution in [3.63, 3.8) is 0 Å². The van der Waals surface area contributed by atoms with Crippen molar-refractivity contribution in [3.05, 3.63) is 60.2 Å². The van der Waals surface area contributed by atoms with Crippen molar-refractivity contribution in [3.8, 4) is 11.1 Å². The SMILES string of the molecule is O=C(N[C@H]1C[C@H]2CC[C@@H]1C2)c1ccc(-c2ccccc2)cc1. The van der Waals surface area contributed by atoms with Crippen molar-refractivity contribution >= 4 is 5.91 Å². The van der Waals surface area contributed by atoms with E-state index >= 15 is 0 Å². The molecule has 1 N–H and O–H groups in total. The first-order valence-electron chi connectivity index (χ1n) is 8.26. The third-order valence-electron chi connectivity index (χ3n) is 5.31. The Kier molecular flexibility index (Phi) is 3.45. The number of hydrogen-bond donors (Lipinski definition) is 1. The zero-order valence-corrected chi connectivity index (χ0v) is 12.7. The molecule has 2 aliphatic carbocycles. The highest BCUT2D eigenvalue weighted by Gasteiger charge is 2.40. The number of rotatable bonds is 3. The number of hydrogen-bond acceptors (Lipinski definition) is 1. The Morgan fingerprint density at radius 2 is 1.59 bits per heavy atom. The van der Waals surface area contributed by atoms with Crippen molar-refractivity contribution in [2.75, 3.05) is 0 Å². The second kappa shape index (κ2) is 5.60. The van der Waals surface area contributed by atoms with Gasteiger partial charge < -0.3 is 5.32 Å². The van der Waals surface area contributed by atoms with Crippen LogP contribution in [0.5, 0.6) is 0 Å². The molecule has 22 heavy (non-hydrogen) atoms. The predicted molar refractivity (Wildman–Crippen MR) is 88.6 cm³/mol. The van der Waals surface area contributed by atoms with Gasteiger partial charge in [-0.05, 0) is 54.4 Å². The second-order valence-electron chi connectivity index (χ2n) is 6.70. The van der Waals surface area contributed by atoms with E-state index in [0.29, 0.717) is 6.04 Å². The third kappa shape index (κ3) is 2.54. The van der Waals surface area contributed by atoms with Crippen LogP contribution in [0.2, 0.25) is 0 Å². The largest absolute Gasteiger partial charge is 0.349 e. The van der Waals surface area contributed by atoms with Crippen LogP contribution in [0.15, 0.2) is 54.6 Å². The molecule has 0 heterocycles. The Balaban J connectivity index is 1.45. The molecule has 2 nitrogen and oxygen atoms in total. The van der Waals surface area contributed by atoms with Crippen LogP contribution >= 0.6 is 0 Å². The molecule has 2 aliphatic rings. The van der Waals surface area contributed by atoms with Crippen molar-refractivity contribution in [2.24, 2.45) is 11.8 Å². The fraction of sp³-hybridized carbons (Fsp3) is 0.350. The van der Waals surface area contributed by atoms with E-state index in [4.69, 9.17) is 0 Å². The molecular weight excluding hydrogens is 270 g/mol. The number of benzene rings is 2. The molecule has 0 aliphatic heterocycles. The molecule has 2 bridgehead atoms. The quantitative estimate of drug-likeness (QED) is 0.899. The van der Waals surface area contributed by atoms with Gasteiger partial charge in [-0.25, -0.2) is 0 Å². The highest BCUT2D eigenvalue weighted by Crippen LogP contribution is 2.44. The van der Waals surface area contributed by atoms with E-state index in [1.807, 2.05) is 42.5 Å². The van der Waals surface area contributed by atoms with Crippen molar-refractivity contribution in [1.82, 2.24) is 5.32 Å². The van der Waals surface area contributed by atoms with Gasteiger partial charge in [0.2, 0.25) is 0 Å². The number of amides is 1. The van der Waals surface area contributed by atoms with Gasteiger partial charge in [0.25, 0.3) is 5.91 Å². The van der Waals surface area contributed by atoms with E-state index in [1.54, 1.807) is 0 Å². The summed E-state index contributed by atoms with van der Waals surface area (Å²) in [5, 5.41) is 3.25. The van der Waals surface area contributed by atoms with E-state index in [9.17, 15) is 4.79 Å². The maximum atomic E-state index is 12.4. The van der Waals surface area contributed by atoms with Crippen LogP contribution in [0.4, 0.5) is 0 Å². The molecule has 0 unspecified atom stereocenters. The topological polar surface area (TPSA) is 29.1 Å². The van der Waals surface area contributed by atoms with Gasteiger partial charge in [-0.1, -0.05) is 48.9 Å². The Hall–Kier alpha value is -2.09. The summed E-state index contributed by atoms with van der Waals surface area (Å²) in [4.78, 5) is 12.4. The first-order valence-corrected chi connectivity index (χ1v) is 8.26. The first kappa shape index (κ1) is 13.6. The molecule has 3 atom stereocenters. The van der Waals surface area contributed by atoms with Crippen LogP contribution in [-0.2, 0) is 0 Å². The van der Waals surface area contributed by atoms with Crippen LogP contribution in [0, 0.1) is 11.8 Å². The molecule has 0 spiro atoms. The molecular formula is C20H21NO.